The van der Waals surface area contributed by atoms with Crippen molar-refractivity contribution in [2.75, 3.05) is 13.2 Å². The van der Waals surface area contributed by atoms with Crippen LogP contribution in [0.4, 0.5) is 0 Å². The van der Waals surface area contributed by atoms with Crippen LogP contribution >= 0.6 is 0 Å². The summed E-state index contributed by atoms with van der Waals surface area (Å²) in [6.45, 7) is 6.32. The van der Waals surface area contributed by atoms with E-state index in [0.29, 0.717) is 12.8 Å². The molecule has 6 heteroatoms. The standard InChI is InChI=1S/C64H98O6/c1-4-7-10-13-16-19-22-25-28-31-33-36-39-42-45-48-51-54-57-63(66)69-60-61(59-68-62(65)56-53-50-47-44-41-38-35-30-27-24-21-18-15-12-9-6-3)70-64(67)58-55-52-49-46-43-40-37-34-32-29-26-23-20-17-14-11-8-5-2/h9,12,16-23,25-34,36-38,41,47,50,61H,4-8,10-11,13-15,24,35,39-40,42-46,48-49,51-60H2,1-3H3/b12-9-,19-16-,20-17-,21-18-,25-22-,26-23-,30-27-,31-28-,32-29-,36-33-,37-34-,41-38-,50-47-. The highest BCUT2D eigenvalue weighted by molar-refractivity contribution is 5.71. The van der Waals surface area contributed by atoms with Crippen LogP contribution in [0.5, 0.6) is 0 Å². The predicted molar refractivity (Wildman–Crippen MR) is 302 cm³/mol. The Morgan fingerprint density at radius 1 is 0.314 bits per heavy atom. The maximum Gasteiger partial charge on any atom is 0.306 e. The highest BCUT2D eigenvalue weighted by Gasteiger charge is 2.19. The number of unbranched alkanes of at least 4 members (excludes halogenated alkanes) is 16. The predicted octanol–water partition coefficient (Wildman–Crippen LogP) is 18.6. The third-order valence-corrected chi connectivity index (χ3v) is 10.9. The summed E-state index contributed by atoms with van der Waals surface area (Å²) < 4.78 is 16.7. The molecule has 70 heavy (non-hydrogen) atoms. The minimum Gasteiger partial charge on any atom is -0.462 e. The average Bonchev–Trinajstić information content (AvgIpc) is 3.36. The molecule has 390 valence electrons. The van der Waals surface area contributed by atoms with E-state index < -0.39 is 6.10 Å². The second-order valence-corrected chi connectivity index (χ2v) is 17.6. The van der Waals surface area contributed by atoms with Crippen LogP contribution in [0.3, 0.4) is 0 Å². The van der Waals surface area contributed by atoms with Crippen molar-refractivity contribution in [1.82, 2.24) is 0 Å². The molecule has 0 fully saturated rings. The fourth-order valence-electron chi connectivity index (χ4n) is 6.81. The molecule has 0 amide bonds. The highest BCUT2D eigenvalue weighted by atomic mass is 16.6. The molecular weight excluding hydrogens is 865 g/mol. The molecule has 0 aliphatic carbocycles. The van der Waals surface area contributed by atoms with E-state index in [1.807, 2.05) is 12.2 Å². The summed E-state index contributed by atoms with van der Waals surface area (Å²) in [7, 11) is 0. The van der Waals surface area contributed by atoms with Gasteiger partial charge in [0.1, 0.15) is 13.2 Å². The van der Waals surface area contributed by atoms with Crippen molar-refractivity contribution in [2.45, 2.75) is 213 Å². The van der Waals surface area contributed by atoms with Gasteiger partial charge < -0.3 is 14.2 Å². The average molecular weight is 963 g/mol. The monoisotopic (exact) mass is 963 g/mol. The van der Waals surface area contributed by atoms with Gasteiger partial charge in [-0.25, -0.2) is 0 Å². The molecule has 0 aliphatic rings. The first-order chi connectivity index (χ1) is 34.5. The van der Waals surface area contributed by atoms with Crippen molar-refractivity contribution in [1.29, 1.82) is 0 Å². The zero-order valence-corrected chi connectivity index (χ0v) is 44.5. The largest absolute Gasteiger partial charge is 0.462 e. The second-order valence-electron chi connectivity index (χ2n) is 17.6. The number of esters is 3. The van der Waals surface area contributed by atoms with Crippen LogP contribution < -0.4 is 0 Å². The van der Waals surface area contributed by atoms with Crippen LogP contribution in [0.1, 0.15) is 207 Å². The zero-order chi connectivity index (χ0) is 50.7. The van der Waals surface area contributed by atoms with E-state index in [9.17, 15) is 14.4 Å². The van der Waals surface area contributed by atoms with E-state index in [0.717, 1.165) is 122 Å². The zero-order valence-electron chi connectivity index (χ0n) is 44.5. The maximum atomic E-state index is 12.8. The minimum absolute atomic E-state index is 0.131. The fourth-order valence-corrected chi connectivity index (χ4v) is 6.81. The lowest BCUT2D eigenvalue weighted by molar-refractivity contribution is -0.166. The molecule has 1 unspecified atom stereocenters. The Morgan fingerprint density at radius 2 is 0.643 bits per heavy atom. The molecule has 0 aliphatic heterocycles. The van der Waals surface area contributed by atoms with Gasteiger partial charge in [-0.1, -0.05) is 243 Å². The molecule has 0 N–H and O–H groups in total. The highest BCUT2D eigenvalue weighted by Crippen LogP contribution is 2.12. The molecular formula is C64H98O6. The number of hydrogen-bond donors (Lipinski definition) is 0. The summed E-state index contributed by atoms with van der Waals surface area (Å²) in [6, 6.07) is 0. The number of hydrogen-bond acceptors (Lipinski definition) is 6. The quantitative estimate of drug-likeness (QED) is 0.0199. The molecule has 0 aromatic carbocycles. The Morgan fingerprint density at radius 3 is 1.06 bits per heavy atom. The van der Waals surface area contributed by atoms with Gasteiger partial charge in [0.25, 0.3) is 0 Å². The topological polar surface area (TPSA) is 78.9 Å². The maximum absolute atomic E-state index is 12.8. The SMILES string of the molecule is CC/C=C\C/C=C\C/C=C\C/C=C\C/C=C\CCC(=O)OCC(COC(=O)CCCCCCC\C=C/C=C\C=C/C=C\CCCCC)OC(=O)CCCCCCC\C=C/C=C\C=C/C=C\CCCCC. The molecule has 0 radical (unpaired) electrons. The third kappa shape index (κ3) is 54.0. The Balaban J connectivity index is 4.63. The first-order valence-electron chi connectivity index (χ1n) is 27.6. The summed E-state index contributed by atoms with van der Waals surface area (Å²) in [4.78, 5) is 38.1. The first-order valence-corrected chi connectivity index (χ1v) is 27.6. The van der Waals surface area contributed by atoms with E-state index in [4.69, 9.17) is 14.2 Å². The van der Waals surface area contributed by atoms with E-state index >= 15 is 0 Å². The van der Waals surface area contributed by atoms with Crippen molar-refractivity contribution in [3.63, 3.8) is 0 Å². The van der Waals surface area contributed by atoms with E-state index in [1.165, 1.54) is 38.5 Å². The van der Waals surface area contributed by atoms with Crippen LogP contribution in [0.25, 0.3) is 0 Å². The van der Waals surface area contributed by atoms with E-state index in [1.54, 1.807) is 0 Å². The third-order valence-electron chi connectivity index (χ3n) is 10.9. The lowest BCUT2D eigenvalue weighted by atomic mass is 10.1. The Bertz CT molecular complexity index is 1620. The Labute approximate surface area is 429 Å². The molecule has 0 rings (SSSR count). The summed E-state index contributed by atoms with van der Waals surface area (Å²) in [5.41, 5.74) is 0. The van der Waals surface area contributed by atoms with Gasteiger partial charge in [0.05, 0.1) is 0 Å². The number of carbonyl (C=O) groups is 3. The van der Waals surface area contributed by atoms with Gasteiger partial charge in [0.15, 0.2) is 6.10 Å². The summed E-state index contributed by atoms with van der Waals surface area (Å²) in [5, 5.41) is 0. The molecule has 1 atom stereocenters. The Kier molecular flexibility index (Phi) is 52.6. The van der Waals surface area contributed by atoms with Gasteiger partial charge in [0, 0.05) is 19.3 Å². The van der Waals surface area contributed by atoms with Crippen molar-refractivity contribution in [2.24, 2.45) is 0 Å². The van der Waals surface area contributed by atoms with E-state index in [2.05, 4.69) is 167 Å². The molecule has 0 saturated carbocycles. The Hall–Kier alpha value is -4.97. The van der Waals surface area contributed by atoms with Gasteiger partial charge in [-0.15, -0.1) is 0 Å². The van der Waals surface area contributed by atoms with Crippen molar-refractivity contribution in [3.8, 4) is 0 Å². The van der Waals surface area contributed by atoms with Gasteiger partial charge in [-0.2, -0.15) is 0 Å². The fraction of sp³-hybridized carbons (Fsp3) is 0.547. The lowest BCUT2D eigenvalue weighted by Crippen LogP contribution is -2.30. The van der Waals surface area contributed by atoms with Crippen LogP contribution in [-0.4, -0.2) is 37.2 Å². The molecule has 0 saturated heterocycles. The number of carbonyl (C=O) groups excluding carboxylic acids is 3. The summed E-state index contributed by atoms with van der Waals surface area (Å²) >= 11 is 0. The number of rotatable bonds is 47. The summed E-state index contributed by atoms with van der Waals surface area (Å²) in [6.07, 6.45) is 82.3. The van der Waals surface area contributed by atoms with Crippen molar-refractivity contribution < 1.29 is 28.6 Å². The van der Waals surface area contributed by atoms with Crippen LogP contribution in [0.2, 0.25) is 0 Å². The van der Waals surface area contributed by atoms with Crippen molar-refractivity contribution in [3.05, 3.63) is 158 Å². The molecule has 6 nitrogen and oxygen atoms in total. The van der Waals surface area contributed by atoms with Crippen LogP contribution in [-0.2, 0) is 28.6 Å². The molecule has 0 spiro atoms. The number of allylic oxidation sites excluding steroid dienone is 26. The molecule has 0 heterocycles. The number of ether oxygens (including phenoxy) is 3. The van der Waals surface area contributed by atoms with Gasteiger partial charge in [-0.3, -0.25) is 14.4 Å². The second kappa shape index (κ2) is 56.6. The first kappa shape index (κ1) is 65.0. The lowest BCUT2D eigenvalue weighted by Gasteiger charge is -2.18. The normalized spacial score (nSPS) is 13.4. The smallest absolute Gasteiger partial charge is 0.306 e. The van der Waals surface area contributed by atoms with E-state index in [-0.39, 0.29) is 44.0 Å². The molecule has 0 aromatic rings. The molecule has 0 aromatic heterocycles. The van der Waals surface area contributed by atoms with Crippen LogP contribution in [0.15, 0.2) is 158 Å². The van der Waals surface area contributed by atoms with Gasteiger partial charge in [0.2, 0.25) is 0 Å². The summed E-state index contributed by atoms with van der Waals surface area (Å²) in [5.74, 6) is -1.07. The van der Waals surface area contributed by atoms with Gasteiger partial charge >= 0.3 is 17.9 Å². The van der Waals surface area contributed by atoms with Crippen LogP contribution in [0, 0.1) is 0 Å². The minimum atomic E-state index is -0.839. The van der Waals surface area contributed by atoms with Crippen molar-refractivity contribution >= 4 is 17.9 Å². The van der Waals surface area contributed by atoms with Gasteiger partial charge in [-0.05, 0) is 103 Å². The molecule has 0 bridgehead atoms.